The first kappa shape index (κ1) is 15.7. The van der Waals surface area contributed by atoms with Crippen molar-refractivity contribution in [1.29, 1.82) is 0 Å². The number of carbonyl (C=O) groups is 1. The van der Waals surface area contributed by atoms with E-state index in [1.54, 1.807) is 11.3 Å². The molecule has 2 aromatic rings. The first-order chi connectivity index (χ1) is 11.8. The van der Waals surface area contributed by atoms with Crippen LogP contribution in [0.5, 0.6) is 5.75 Å². The van der Waals surface area contributed by atoms with Gasteiger partial charge in [-0.3, -0.25) is 9.69 Å². The van der Waals surface area contributed by atoms with Crippen molar-refractivity contribution in [2.75, 3.05) is 32.8 Å². The smallest absolute Gasteiger partial charge is 0.227 e. The molecule has 0 atom stereocenters. The number of ether oxygens (including phenoxy) is 1. The average molecular weight is 342 g/mol. The molecule has 4 rings (SSSR count). The molecule has 1 aromatic carbocycles. The number of rotatable bonds is 4. The van der Waals surface area contributed by atoms with E-state index >= 15 is 0 Å². The molecule has 0 aliphatic carbocycles. The Morgan fingerprint density at radius 3 is 2.83 bits per heavy atom. The van der Waals surface area contributed by atoms with Gasteiger partial charge in [0.25, 0.3) is 0 Å². The molecule has 0 N–H and O–H groups in total. The fourth-order valence-corrected chi connectivity index (χ4v) is 4.12. The van der Waals surface area contributed by atoms with E-state index in [0.717, 1.165) is 56.4 Å². The molecule has 0 bridgehead atoms. The third kappa shape index (κ3) is 3.47. The van der Waals surface area contributed by atoms with Crippen LogP contribution in [0.3, 0.4) is 0 Å². The molecule has 0 spiro atoms. The molecule has 1 aromatic heterocycles. The highest BCUT2D eigenvalue weighted by atomic mass is 32.1. The van der Waals surface area contributed by atoms with Gasteiger partial charge >= 0.3 is 0 Å². The largest absolute Gasteiger partial charge is 0.493 e. The highest BCUT2D eigenvalue weighted by Gasteiger charge is 2.22. The van der Waals surface area contributed by atoms with Gasteiger partial charge in [0.1, 0.15) is 5.75 Å². The van der Waals surface area contributed by atoms with Crippen LogP contribution in [-0.2, 0) is 24.2 Å². The van der Waals surface area contributed by atoms with E-state index in [9.17, 15) is 4.79 Å². The minimum atomic E-state index is 0.256. The minimum Gasteiger partial charge on any atom is -0.493 e. The zero-order valence-electron chi connectivity index (χ0n) is 13.7. The molecule has 5 heteroatoms. The summed E-state index contributed by atoms with van der Waals surface area (Å²) in [5.74, 6) is 1.30. The molecule has 2 aliphatic rings. The Morgan fingerprint density at radius 1 is 1.17 bits per heavy atom. The lowest BCUT2D eigenvalue weighted by Gasteiger charge is -2.34. The second kappa shape index (κ2) is 6.95. The molecule has 2 aliphatic heterocycles. The maximum atomic E-state index is 12.4. The van der Waals surface area contributed by atoms with E-state index in [1.165, 1.54) is 11.1 Å². The number of hydrogen-bond donors (Lipinski definition) is 0. The van der Waals surface area contributed by atoms with E-state index in [2.05, 4.69) is 23.1 Å². The Kier molecular flexibility index (Phi) is 4.54. The molecule has 0 unspecified atom stereocenters. The number of piperazine rings is 1. The topological polar surface area (TPSA) is 32.8 Å². The first-order valence-electron chi connectivity index (χ1n) is 8.55. The lowest BCUT2D eigenvalue weighted by Crippen LogP contribution is -2.48. The van der Waals surface area contributed by atoms with Gasteiger partial charge < -0.3 is 9.64 Å². The summed E-state index contributed by atoms with van der Waals surface area (Å²) < 4.78 is 5.57. The van der Waals surface area contributed by atoms with Crippen LogP contribution >= 0.6 is 11.3 Å². The fraction of sp³-hybridized carbons (Fsp3) is 0.421. The number of amides is 1. The second-order valence-corrected chi connectivity index (χ2v) is 7.49. The standard InChI is InChI=1S/C19H22N2O2S/c22-19(13-17-2-1-11-24-17)21-8-6-20(7-9-21)14-15-3-4-18-16(12-15)5-10-23-18/h1-4,11-12H,5-10,13-14H2. The van der Waals surface area contributed by atoms with Gasteiger partial charge in [-0.25, -0.2) is 0 Å². The highest BCUT2D eigenvalue weighted by molar-refractivity contribution is 7.10. The average Bonchev–Trinajstić information content (AvgIpc) is 3.26. The third-order valence-electron chi connectivity index (χ3n) is 4.79. The van der Waals surface area contributed by atoms with Gasteiger partial charge in [0, 0.05) is 44.0 Å². The predicted octanol–water partition coefficient (Wildman–Crippen LogP) is 2.57. The van der Waals surface area contributed by atoms with Gasteiger partial charge in [-0.2, -0.15) is 0 Å². The normalized spacial score (nSPS) is 17.6. The number of carbonyl (C=O) groups excluding carboxylic acids is 1. The molecule has 1 fully saturated rings. The Labute approximate surface area is 146 Å². The Morgan fingerprint density at radius 2 is 2.04 bits per heavy atom. The van der Waals surface area contributed by atoms with Gasteiger partial charge in [0.2, 0.25) is 5.91 Å². The third-order valence-corrected chi connectivity index (χ3v) is 5.67. The molecule has 1 saturated heterocycles. The molecule has 24 heavy (non-hydrogen) atoms. The quantitative estimate of drug-likeness (QED) is 0.856. The van der Waals surface area contributed by atoms with Crippen molar-refractivity contribution < 1.29 is 9.53 Å². The Balaban J connectivity index is 1.29. The summed E-state index contributed by atoms with van der Waals surface area (Å²) in [6.07, 6.45) is 1.57. The Bertz CT molecular complexity index is 706. The number of thiophene rings is 1. The molecule has 0 radical (unpaired) electrons. The number of fused-ring (bicyclic) bond motifs is 1. The summed E-state index contributed by atoms with van der Waals surface area (Å²) >= 11 is 1.66. The summed E-state index contributed by atoms with van der Waals surface area (Å²) in [7, 11) is 0. The van der Waals surface area contributed by atoms with Crippen molar-refractivity contribution in [3.63, 3.8) is 0 Å². The summed E-state index contributed by atoms with van der Waals surface area (Å²) in [6, 6.07) is 10.6. The van der Waals surface area contributed by atoms with E-state index < -0.39 is 0 Å². The summed E-state index contributed by atoms with van der Waals surface area (Å²) in [5.41, 5.74) is 2.68. The summed E-state index contributed by atoms with van der Waals surface area (Å²) in [6.45, 7) is 5.33. The maximum Gasteiger partial charge on any atom is 0.227 e. The van der Waals surface area contributed by atoms with Crippen LogP contribution in [0.15, 0.2) is 35.7 Å². The summed E-state index contributed by atoms with van der Waals surface area (Å²) in [4.78, 5) is 18.0. The lowest BCUT2D eigenvalue weighted by molar-refractivity contribution is -0.132. The number of nitrogens with zero attached hydrogens (tertiary/aromatic N) is 2. The second-order valence-electron chi connectivity index (χ2n) is 6.45. The van der Waals surface area contributed by atoms with Crippen LogP contribution in [0.1, 0.15) is 16.0 Å². The zero-order valence-corrected chi connectivity index (χ0v) is 14.6. The molecular formula is C19H22N2O2S. The fourth-order valence-electron chi connectivity index (χ4n) is 3.43. The van der Waals surface area contributed by atoms with Gasteiger partial charge in [-0.15, -0.1) is 11.3 Å². The minimum absolute atomic E-state index is 0.256. The van der Waals surface area contributed by atoms with Crippen LogP contribution in [0.2, 0.25) is 0 Å². The van der Waals surface area contributed by atoms with Crippen molar-refractivity contribution >= 4 is 17.2 Å². The molecule has 3 heterocycles. The van der Waals surface area contributed by atoms with Gasteiger partial charge in [-0.05, 0) is 28.6 Å². The van der Waals surface area contributed by atoms with Crippen molar-refractivity contribution in [2.24, 2.45) is 0 Å². The van der Waals surface area contributed by atoms with Crippen LogP contribution in [0.25, 0.3) is 0 Å². The van der Waals surface area contributed by atoms with Crippen LogP contribution in [0.4, 0.5) is 0 Å². The SMILES string of the molecule is O=C(Cc1cccs1)N1CCN(Cc2ccc3c(c2)CCO3)CC1. The van der Waals surface area contributed by atoms with Crippen LogP contribution in [0, 0.1) is 0 Å². The molecule has 1 amide bonds. The number of benzene rings is 1. The van der Waals surface area contributed by atoms with Gasteiger partial charge in [0.15, 0.2) is 0 Å². The van der Waals surface area contributed by atoms with Gasteiger partial charge in [-0.1, -0.05) is 18.2 Å². The van der Waals surface area contributed by atoms with Crippen molar-refractivity contribution in [3.8, 4) is 5.75 Å². The van der Waals surface area contributed by atoms with Crippen molar-refractivity contribution in [2.45, 2.75) is 19.4 Å². The Hall–Kier alpha value is -1.85. The predicted molar refractivity (Wildman–Crippen MR) is 95.5 cm³/mol. The lowest BCUT2D eigenvalue weighted by atomic mass is 10.1. The van der Waals surface area contributed by atoms with E-state index in [-0.39, 0.29) is 5.91 Å². The summed E-state index contributed by atoms with van der Waals surface area (Å²) in [5, 5.41) is 2.03. The molecule has 0 saturated carbocycles. The molecule has 126 valence electrons. The number of hydrogen-bond acceptors (Lipinski definition) is 4. The zero-order chi connectivity index (χ0) is 16.4. The van der Waals surface area contributed by atoms with E-state index in [4.69, 9.17) is 4.74 Å². The highest BCUT2D eigenvalue weighted by Crippen LogP contribution is 2.26. The molecular weight excluding hydrogens is 320 g/mol. The van der Waals surface area contributed by atoms with Crippen molar-refractivity contribution in [3.05, 3.63) is 51.7 Å². The first-order valence-corrected chi connectivity index (χ1v) is 9.43. The van der Waals surface area contributed by atoms with Crippen LogP contribution in [-0.4, -0.2) is 48.5 Å². The maximum absolute atomic E-state index is 12.4. The van der Waals surface area contributed by atoms with Gasteiger partial charge in [0.05, 0.1) is 13.0 Å². The monoisotopic (exact) mass is 342 g/mol. The van der Waals surface area contributed by atoms with Crippen LogP contribution < -0.4 is 4.74 Å². The van der Waals surface area contributed by atoms with Crippen molar-refractivity contribution in [1.82, 2.24) is 9.80 Å². The van der Waals surface area contributed by atoms with E-state index in [0.29, 0.717) is 6.42 Å². The van der Waals surface area contributed by atoms with E-state index in [1.807, 2.05) is 22.4 Å². The molecule has 4 nitrogen and oxygen atoms in total.